The van der Waals surface area contributed by atoms with Crippen molar-refractivity contribution in [3.63, 3.8) is 0 Å². The van der Waals surface area contributed by atoms with Crippen LogP contribution in [0, 0.1) is 10.8 Å². The largest absolute Gasteiger partial charge is 0.473 e. The molecule has 4 aliphatic rings. The van der Waals surface area contributed by atoms with Crippen molar-refractivity contribution in [1.82, 2.24) is 10.6 Å². The maximum atomic E-state index is 9.10. The number of rotatable bonds is 0. The molecule has 0 unspecified atom stereocenters. The first-order chi connectivity index (χ1) is 15.1. The summed E-state index contributed by atoms with van der Waals surface area (Å²) in [5, 5.41) is 36.3. The van der Waals surface area contributed by atoms with Gasteiger partial charge in [-0.2, -0.15) is 0 Å². The molecule has 0 aromatic carbocycles. The number of carbonyl (C=O) groups is 4. The van der Waals surface area contributed by atoms with Crippen LogP contribution in [0.1, 0.15) is 38.5 Å². The Kier molecular flexibility index (Phi) is 12.1. The average Bonchev–Trinajstić information content (AvgIpc) is 3.40. The van der Waals surface area contributed by atoms with E-state index in [1.165, 1.54) is 64.7 Å². The van der Waals surface area contributed by atoms with Gasteiger partial charge in [0.2, 0.25) is 0 Å². The molecule has 0 aliphatic carbocycles. The highest BCUT2D eigenvalue weighted by atomic mass is 16.5. The van der Waals surface area contributed by atoms with Crippen LogP contribution in [0.15, 0.2) is 0 Å². The fraction of sp³-hybridized carbons (Fsp3) is 0.800. The number of aliphatic carboxylic acids is 4. The minimum absolute atomic E-state index is 0.589. The summed E-state index contributed by atoms with van der Waals surface area (Å²) in [6, 6.07) is 0. The van der Waals surface area contributed by atoms with Gasteiger partial charge in [-0.05, 0) is 75.5 Å². The molecule has 12 nitrogen and oxygen atoms in total. The minimum Gasteiger partial charge on any atom is -0.473 e. The van der Waals surface area contributed by atoms with Crippen molar-refractivity contribution in [2.45, 2.75) is 38.5 Å². The van der Waals surface area contributed by atoms with Gasteiger partial charge in [0, 0.05) is 13.2 Å². The topological polar surface area (TPSA) is 192 Å². The van der Waals surface area contributed by atoms with Gasteiger partial charge in [0.05, 0.1) is 13.2 Å². The molecule has 4 fully saturated rings. The zero-order valence-electron chi connectivity index (χ0n) is 18.1. The van der Waals surface area contributed by atoms with E-state index < -0.39 is 23.9 Å². The highest BCUT2D eigenvalue weighted by Crippen LogP contribution is 2.37. The Morgan fingerprint density at radius 1 is 0.531 bits per heavy atom. The number of nitrogens with one attached hydrogen (secondary N) is 2. The average molecular weight is 462 g/mol. The van der Waals surface area contributed by atoms with Gasteiger partial charge in [-0.25, -0.2) is 19.2 Å². The molecule has 0 atom stereocenters. The molecule has 4 aliphatic heterocycles. The van der Waals surface area contributed by atoms with E-state index in [9.17, 15) is 0 Å². The molecule has 0 aromatic heterocycles. The van der Waals surface area contributed by atoms with Crippen molar-refractivity contribution >= 4 is 23.9 Å². The maximum absolute atomic E-state index is 9.10. The van der Waals surface area contributed by atoms with Gasteiger partial charge in [0.1, 0.15) is 0 Å². The number of carboxylic acids is 4. The molecule has 0 radical (unpaired) electrons. The minimum atomic E-state index is -1.82. The summed E-state index contributed by atoms with van der Waals surface area (Å²) in [4.78, 5) is 36.4. The lowest BCUT2D eigenvalue weighted by Crippen LogP contribution is -2.36. The van der Waals surface area contributed by atoms with Gasteiger partial charge in [-0.1, -0.05) is 0 Å². The summed E-state index contributed by atoms with van der Waals surface area (Å²) in [6.07, 6.45) is 7.91. The molecule has 0 amide bonds. The monoisotopic (exact) mass is 462 g/mol. The predicted molar refractivity (Wildman–Crippen MR) is 110 cm³/mol. The lowest BCUT2D eigenvalue weighted by atomic mass is 9.79. The van der Waals surface area contributed by atoms with Crippen LogP contribution in [0.25, 0.3) is 0 Å². The van der Waals surface area contributed by atoms with E-state index in [0.29, 0.717) is 10.8 Å². The molecule has 184 valence electrons. The Morgan fingerprint density at radius 2 is 0.812 bits per heavy atom. The van der Waals surface area contributed by atoms with E-state index in [1.807, 2.05) is 0 Å². The van der Waals surface area contributed by atoms with E-state index in [0.717, 1.165) is 26.4 Å². The van der Waals surface area contributed by atoms with Crippen molar-refractivity contribution in [2.24, 2.45) is 10.8 Å². The fourth-order valence-corrected chi connectivity index (χ4v) is 4.00. The Labute approximate surface area is 186 Å². The van der Waals surface area contributed by atoms with Crippen molar-refractivity contribution in [1.29, 1.82) is 0 Å². The fourth-order valence-electron chi connectivity index (χ4n) is 4.00. The first-order valence-corrected chi connectivity index (χ1v) is 10.6. The predicted octanol–water partition coefficient (Wildman–Crippen LogP) is -0.136. The van der Waals surface area contributed by atoms with E-state index in [2.05, 4.69) is 10.6 Å². The van der Waals surface area contributed by atoms with Gasteiger partial charge < -0.3 is 40.5 Å². The first-order valence-electron chi connectivity index (χ1n) is 10.6. The third kappa shape index (κ3) is 10.4. The molecule has 4 heterocycles. The molecule has 0 bridgehead atoms. The standard InChI is InChI=1S/2C8H15NO.2C2H2O4/c2*1-4-9-5-2-8(1)3-6-10-7-8;2*3-1(4)2(5)6/h2*9H,1-7H2;2*(H,3,4)(H,5,6). The summed E-state index contributed by atoms with van der Waals surface area (Å²) < 4.78 is 10.8. The highest BCUT2D eigenvalue weighted by molar-refractivity contribution is 6.27. The molecule has 4 rings (SSSR count). The SMILES string of the molecule is C1CC2(CCN1)CCOC2.C1CC2(CCN1)CCOC2.O=C(O)C(=O)O.O=C(O)C(=O)O. The summed E-state index contributed by atoms with van der Waals surface area (Å²) in [5.41, 5.74) is 1.18. The second-order valence-corrected chi connectivity index (χ2v) is 8.33. The summed E-state index contributed by atoms with van der Waals surface area (Å²) in [7, 11) is 0. The molecule has 12 heteroatoms. The van der Waals surface area contributed by atoms with Crippen LogP contribution in [-0.2, 0) is 28.7 Å². The number of hydrogen-bond donors (Lipinski definition) is 6. The molecule has 2 spiro atoms. The zero-order chi connectivity index (χ0) is 24.0. The molecular formula is C20H34N2O10. The van der Waals surface area contributed by atoms with Crippen LogP contribution < -0.4 is 10.6 Å². The number of carboxylic acid groups (broad SMARTS) is 4. The van der Waals surface area contributed by atoms with Crippen molar-refractivity contribution in [3.8, 4) is 0 Å². The highest BCUT2D eigenvalue weighted by Gasteiger charge is 2.36. The summed E-state index contributed by atoms with van der Waals surface area (Å²) in [6.45, 7) is 8.84. The zero-order valence-corrected chi connectivity index (χ0v) is 18.1. The molecule has 4 saturated heterocycles. The molecule has 32 heavy (non-hydrogen) atoms. The van der Waals surface area contributed by atoms with Crippen LogP contribution >= 0.6 is 0 Å². The third-order valence-corrected chi connectivity index (χ3v) is 6.06. The van der Waals surface area contributed by atoms with Gasteiger partial charge in [0.25, 0.3) is 0 Å². The van der Waals surface area contributed by atoms with Gasteiger partial charge in [-0.15, -0.1) is 0 Å². The number of hydrogen-bond acceptors (Lipinski definition) is 8. The van der Waals surface area contributed by atoms with Crippen LogP contribution in [0.5, 0.6) is 0 Å². The third-order valence-electron chi connectivity index (χ3n) is 6.06. The van der Waals surface area contributed by atoms with Crippen LogP contribution in [0.3, 0.4) is 0 Å². The second kappa shape index (κ2) is 14.0. The van der Waals surface area contributed by atoms with Gasteiger partial charge in [-0.3, -0.25) is 0 Å². The van der Waals surface area contributed by atoms with Crippen molar-refractivity contribution in [2.75, 3.05) is 52.6 Å². The van der Waals surface area contributed by atoms with Crippen molar-refractivity contribution < 1.29 is 49.1 Å². The summed E-state index contributed by atoms with van der Waals surface area (Å²) in [5.74, 6) is -7.30. The lowest BCUT2D eigenvalue weighted by molar-refractivity contribution is -0.159. The Morgan fingerprint density at radius 3 is 1.00 bits per heavy atom. The Bertz CT molecular complexity index is 534. The Hall–Kier alpha value is -2.28. The summed E-state index contributed by atoms with van der Waals surface area (Å²) >= 11 is 0. The smallest absolute Gasteiger partial charge is 0.414 e. The van der Waals surface area contributed by atoms with Crippen LogP contribution in [0.2, 0.25) is 0 Å². The normalized spacial score (nSPS) is 22.2. The maximum Gasteiger partial charge on any atom is 0.414 e. The van der Waals surface area contributed by atoms with Crippen LogP contribution in [-0.4, -0.2) is 96.9 Å². The quantitative estimate of drug-likeness (QED) is 0.262. The number of piperidine rings is 2. The van der Waals surface area contributed by atoms with Gasteiger partial charge >= 0.3 is 23.9 Å². The Balaban J connectivity index is 0.000000222. The van der Waals surface area contributed by atoms with E-state index in [-0.39, 0.29) is 0 Å². The van der Waals surface area contributed by atoms with E-state index >= 15 is 0 Å². The van der Waals surface area contributed by atoms with Crippen LogP contribution in [0.4, 0.5) is 0 Å². The van der Waals surface area contributed by atoms with E-state index in [1.54, 1.807) is 0 Å². The second-order valence-electron chi connectivity index (χ2n) is 8.33. The molecular weight excluding hydrogens is 428 g/mol. The van der Waals surface area contributed by atoms with E-state index in [4.69, 9.17) is 49.1 Å². The first kappa shape index (κ1) is 27.8. The molecule has 0 aromatic rings. The van der Waals surface area contributed by atoms with Gasteiger partial charge in [0.15, 0.2) is 0 Å². The molecule has 6 N–H and O–H groups in total. The lowest BCUT2D eigenvalue weighted by Gasteiger charge is -2.31. The number of ether oxygens (including phenoxy) is 2. The van der Waals surface area contributed by atoms with Crippen molar-refractivity contribution in [3.05, 3.63) is 0 Å². The molecule has 0 saturated carbocycles.